The van der Waals surface area contributed by atoms with Gasteiger partial charge in [-0.15, -0.1) is 0 Å². The summed E-state index contributed by atoms with van der Waals surface area (Å²) in [5.41, 5.74) is 2.26. The van der Waals surface area contributed by atoms with E-state index in [1.807, 2.05) is 13.1 Å². The highest BCUT2D eigenvalue weighted by molar-refractivity contribution is 6.31. The lowest BCUT2D eigenvalue weighted by Crippen LogP contribution is -2.58. The molecule has 11 heteroatoms. The lowest BCUT2D eigenvalue weighted by atomic mass is 9.79. The van der Waals surface area contributed by atoms with Crippen LogP contribution in [0.3, 0.4) is 0 Å². The van der Waals surface area contributed by atoms with Crippen molar-refractivity contribution in [3.8, 4) is 0 Å². The van der Waals surface area contributed by atoms with Gasteiger partial charge in [-0.05, 0) is 43.5 Å². The normalized spacial score (nSPS) is 20.3. The number of anilines is 2. The standard InChI is InChI=1S/C30H26ClF3N6O/c1-35-21-15-40(16-21)28(41)17-6-9-20(10-7-17)38-29-37-14-18-13-36-27(23-4-2-3-5-25(23)30(32,33)34)24-12-19(31)8-11-22(24)26(18)39-29/h2-12,14,21-22,24,35H,13,15-16H2,1H3,(H,37,38,39). The van der Waals surface area contributed by atoms with E-state index >= 15 is 0 Å². The molecule has 2 unspecified atom stereocenters. The molecule has 3 heterocycles. The van der Waals surface area contributed by atoms with Crippen molar-refractivity contribution in [1.29, 1.82) is 0 Å². The number of hydrogen-bond donors (Lipinski definition) is 2. The van der Waals surface area contributed by atoms with Gasteiger partial charge in [-0.25, -0.2) is 9.97 Å². The topological polar surface area (TPSA) is 82.5 Å². The van der Waals surface area contributed by atoms with E-state index in [0.717, 1.165) is 11.6 Å². The maximum atomic E-state index is 13.9. The number of halogens is 4. The van der Waals surface area contributed by atoms with Gasteiger partial charge in [-0.3, -0.25) is 9.79 Å². The highest BCUT2D eigenvalue weighted by Gasteiger charge is 2.39. The number of aliphatic imine (C=N–C) groups is 1. The Hall–Kier alpha value is -4.02. The molecule has 0 saturated carbocycles. The van der Waals surface area contributed by atoms with Crippen LogP contribution in [0.15, 0.2) is 83.0 Å². The predicted molar refractivity (Wildman–Crippen MR) is 151 cm³/mol. The fraction of sp³-hybridized carbons (Fsp3) is 0.267. The molecule has 2 N–H and O–H groups in total. The molecule has 0 spiro atoms. The average molecular weight is 579 g/mol. The summed E-state index contributed by atoms with van der Waals surface area (Å²) in [4.78, 5) is 28.3. The van der Waals surface area contributed by atoms with Crippen molar-refractivity contribution >= 4 is 34.9 Å². The minimum atomic E-state index is -4.53. The summed E-state index contributed by atoms with van der Waals surface area (Å²) in [5, 5.41) is 6.76. The van der Waals surface area contributed by atoms with Crippen LogP contribution in [0.1, 0.15) is 38.7 Å². The van der Waals surface area contributed by atoms with Crippen molar-refractivity contribution in [1.82, 2.24) is 20.2 Å². The summed E-state index contributed by atoms with van der Waals surface area (Å²) >= 11 is 6.34. The molecule has 1 saturated heterocycles. The number of amides is 1. The van der Waals surface area contributed by atoms with Gasteiger partial charge >= 0.3 is 6.18 Å². The number of likely N-dealkylation sites (tertiary alicyclic amines) is 1. The second-order valence-electron chi connectivity index (χ2n) is 10.2. The Morgan fingerprint density at radius 2 is 1.83 bits per heavy atom. The van der Waals surface area contributed by atoms with E-state index in [1.54, 1.807) is 53.6 Å². The van der Waals surface area contributed by atoms with Crippen LogP contribution in [0, 0.1) is 5.92 Å². The number of allylic oxidation sites excluding steroid dienone is 4. The Labute approximate surface area is 239 Å². The number of aromatic nitrogens is 2. The Kier molecular flexibility index (Phi) is 7.13. The Bertz CT molecular complexity index is 1580. The number of carbonyl (C=O) groups excluding carboxylic acids is 1. The Morgan fingerprint density at radius 1 is 1.07 bits per heavy atom. The zero-order valence-corrected chi connectivity index (χ0v) is 22.7. The SMILES string of the molecule is CNC1CN(C(=O)c2ccc(Nc3ncc4c(n3)C3C=CC(Cl)=CC3C(c3ccccc3C(F)(F)F)=NC4)cc2)C1. The van der Waals surface area contributed by atoms with Crippen LogP contribution in [0.2, 0.25) is 0 Å². The van der Waals surface area contributed by atoms with Crippen LogP contribution in [0.25, 0.3) is 0 Å². The van der Waals surface area contributed by atoms with E-state index in [9.17, 15) is 18.0 Å². The molecule has 0 radical (unpaired) electrons. The monoisotopic (exact) mass is 578 g/mol. The number of fused-ring (bicyclic) bond motifs is 3. The van der Waals surface area contributed by atoms with Crippen LogP contribution >= 0.6 is 11.6 Å². The first-order valence-electron chi connectivity index (χ1n) is 13.2. The third-order valence-electron chi connectivity index (χ3n) is 7.61. The fourth-order valence-corrected chi connectivity index (χ4v) is 5.58. The van der Waals surface area contributed by atoms with E-state index in [0.29, 0.717) is 52.8 Å². The zero-order chi connectivity index (χ0) is 28.7. The number of rotatable bonds is 5. The minimum absolute atomic E-state index is 0.0194. The number of benzene rings is 2. The van der Waals surface area contributed by atoms with Crippen molar-refractivity contribution in [2.45, 2.75) is 24.7 Å². The fourth-order valence-electron chi connectivity index (χ4n) is 5.38. The molecule has 41 heavy (non-hydrogen) atoms. The molecular formula is C30H26ClF3N6O. The van der Waals surface area contributed by atoms with Crippen LogP contribution in [0.5, 0.6) is 0 Å². The lowest BCUT2D eigenvalue weighted by Gasteiger charge is -2.39. The van der Waals surface area contributed by atoms with Crippen molar-refractivity contribution in [2.75, 3.05) is 25.5 Å². The molecule has 7 nitrogen and oxygen atoms in total. The number of hydrogen-bond acceptors (Lipinski definition) is 6. The molecule has 1 amide bonds. The van der Waals surface area contributed by atoms with Crippen LogP contribution in [-0.4, -0.2) is 52.7 Å². The van der Waals surface area contributed by atoms with Gasteiger partial charge in [0.2, 0.25) is 5.95 Å². The van der Waals surface area contributed by atoms with Gasteiger partial charge in [-0.2, -0.15) is 13.2 Å². The molecular weight excluding hydrogens is 553 g/mol. The van der Waals surface area contributed by atoms with E-state index in [-0.39, 0.29) is 18.0 Å². The number of nitrogens with one attached hydrogen (secondary N) is 2. The molecule has 210 valence electrons. The van der Waals surface area contributed by atoms with E-state index in [4.69, 9.17) is 16.6 Å². The largest absolute Gasteiger partial charge is 0.417 e. The second kappa shape index (κ2) is 10.8. The van der Waals surface area contributed by atoms with Gasteiger partial charge in [-0.1, -0.05) is 42.0 Å². The van der Waals surface area contributed by atoms with Crippen molar-refractivity contribution in [3.63, 3.8) is 0 Å². The van der Waals surface area contributed by atoms with Crippen molar-refractivity contribution in [3.05, 3.63) is 106 Å². The second-order valence-corrected chi connectivity index (χ2v) is 10.6. The van der Waals surface area contributed by atoms with Gasteiger partial charge < -0.3 is 15.5 Å². The van der Waals surface area contributed by atoms with Crippen LogP contribution in [-0.2, 0) is 12.7 Å². The molecule has 3 aromatic rings. The van der Waals surface area contributed by atoms with Crippen molar-refractivity contribution < 1.29 is 18.0 Å². The Balaban J connectivity index is 1.27. The smallest absolute Gasteiger partial charge is 0.335 e. The third-order valence-corrected chi connectivity index (χ3v) is 7.86. The highest BCUT2D eigenvalue weighted by Crippen LogP contribution is 2.41. The molecule has 0 bridgehead atoms. The first kappa shape index (κ1) is 27.2. The number of carbonyl (C=O) groups is 1. The van der Waals surface area contributed by atoms with Gasteiger partial charge in [0, 0.05) is 64.6 Å². The first-order valence-corrected chi connectivity index (χ1v) is 13.5. The molecule has 1 aromatic heterocycles. The summed E-state index contributed by atoms with van der Waals surface area (Å²) < 4.78 is 41.8. The van der Waals surface area contributed by atoms with Crippen molar-refractivity contribution in [2.24, 2.45) is 10.9 Å². The molecule has 3 aliphatic rings. The molecule has 1 aliphatic carbocycles. The van der Waals surface area contributed by atoms with Gasteiger partial charge in [0.25, 0.3) is 5.91 Å². The molecule has 2 atom stereocenters. The quantitative estimate of drug-likeness (QED) is 0.407. The average Bonchev–Trinajstić information content (AvgIpc) is 3.08. The van der Waals surface area contributed by atoms with E-state index in [1.165, 1.54) is 12.1 Å². The highest BCUT2D eigenvalue weighted by atomic mass is 35.5. The summed E-state index contributed by atoms with van der Waals surface area (Å²) in [6, 6.07) is 12.9. The van der Waals surface area contributed by atoms with E-state index < -0.39 is 23.6 Å². The maximum Gasteiger partial charge on any atom is 0.417 e. The molecule has 6 rings (SSSR count). The van der Waals surface area contributed by atoms with Crippen LogP contribution < -0.4 is 10.6 Å². The summed E-state index contributed by atoms with van der Waals surface area (Å²) in [6.45, 7) is 1.50. The number of likely N-dealkylation sites (N-methyl/N-ethyl adjacent to an activating group) is 1. The van der Waals surface area contributed by atoms with Gasteiger partial charge in [0.1, 0.15) is 0 Å². The summed E-state index contributed by atoms with van der Waals surface area (Å²) in [5.74, 6) is -0.630. The third kappa shape index (κ3) is 5.37. The zero-order valence-electron chi connectivity index (χ0n) is 22.0. The first-order chi connectivity index (χ1) is 19.7. The van der Waals surface area contributed by atoms with Gasteiger partial charge in [0.15, 0.2) is 0 Å². The lowest BCUT2D eigenvalue weighted by molar-refractivity contribution is -0.137. The molecule has 2 aromatic carbocycles. The van der Waals surface area contributed by atoms with E-state index in [2.05, 4.69) is 20.6 Å². The summed E-state index contributed by atoms with van der Waals surface area (Å²) in [7, 11) is 1.88. The predicted octanol–water partition coefficient (Wildman–Crippen LogP) is 5.68. The number of nitrogens with zero attached hydrogens (tertiary/aromatic N) is 4. The maximum absolute atomic E-state index is 13.9. The number of alkyl halides is 3. The van der Waals surface area contributed by atoms with Gasteiger partial charge in [0.05, 0.1) is 23.5 Å². The van der Waals surface area contributed by atoms with Crippen LogP contribution in [0.4, 0.5) is 24.8 Å². The summed E-state index contributed by atoms with van der Waals surface area (Å²) in [6.07, 6.45) is 2.43. The Morgan fingerprint density at radius 3 is 2.56 bits per heavy atom. The molecule has 2 aliphatic heterocycles. The minimum Gasteiger partial charge on any atom is -0.335 e. The molecule has 1 fully saturated rings.